The fourth-order valence-corrected chi connectivity index (χ4v) is 3.41. The lowest BCUT2D eigenvalue weighted by Gasteiger charge is -2.15. The molecule has 0 aliphatic heterocycles. The Balaban J connectivity index is 2.34. The predicted octanol–water partition coefficient (Wildman–Crippen LogP) is 4.54. The van der Waals surface area contributed by atoms with E-state index >= 15 is 0 Å². The van der Waals surface area contributed by atoms with E-state index in [-0.39, 0.29) is 6.61 Å². The largest absolute Gasteiger partial charge is 0.384 e. The van der Waals surface area contributed by atoms with Crippen LogP contribution in [0.5, 0.6) is 0 Å². The van der Waals surface area contributed by atoms with Gasteiger partial charge in [0.15, 0.2) is 0 Å². The summed E-state index contributed by atoms with van der Waals surface area (Å²) in [6.07, 6.45) is 0. The number of aryl methyl sites for hydroxylation is 2. The Labute approximate surface area is 129 Å². The summed E-state index contributed by atoms with van der Waals surface area (Å²) in [6, 6.07) is 15.2. The van der Waals surface area contributed by atoms with E-state index in [9.17, 15) is 0 Å². The SMILES string of the molecule is Cc1cc2ccc3cccc4c(C#CCO)cc(c1C)c2c34. The van der Waals surface area contributed by atoms with Crippen molar-refractivity contribution in [2.45, 2.75) is 13.8 Å². The van der Waals surface area contributed by atoms with Crippen LogP contribution in [-0.4, -0.2) is 11.7 Å². The highest BCUT2D eigenvalue weighted by Crippen LogP contribution is 2.38. The molecule has 0 saturated heterocycles. The minimum atomic E-state index is -0.114. The molecule has 0 unspecified atom stereocenters. The van der Waals surface area contributed by atoms with Crippen LogP contribution in [-0.2, 0) is 0 Å². The summed E-state index contributed by atoms with van der Waals surface area (Å²) >= 11 is 0. The van der Waals surface area contributed by atoms with E-state index in [2.05, 4.69) is 68.2 Å². The van der Waals surface area contributed by atoms with Crippen molar-refractivity contribution in [2.24, 2.45) is 0 Å². The van der Waals surface area contributed by atoms with Crippen LogP contribution in [0.2, 0.25) is 0 Å². The molecule has 0 radical (unpaired) electrons. The van der Waals surface area contributed by atoms with Crippen LogP contribution in [0.3, 0.4) is 0 Å². The van der Waals surface area contributed by atoms with Gasteiger partial charge in [0.25, 0.3) is 0 Å². The third-order valence-corrected chi connectivity index (χ3v) is 4.60. The first-order valence-corrected chi connectivity index (χ1v) is 7.48. The average Bonchev–Trinajstić information content (AvgIpc) is 2.54. The Kier molecular flexibility index (Phi) is 2.82. The van der Waals surface area contributed by atoms with Crippen LogP contribution in [0.15, 0.2) is 42.5 Å². The minimum Gasteiger partial charge on any atom is -0.384 e. The van der Waals surface area contributed by atoms with E-state index < -0.39 is 0 Å². The molecule has 0 aliphatic rings. The van der Waals surface area contributed by atoms with Gasteiger partial charge in [-0.2, -0.15) is 0 Å². The Hall–Kier alpha value is -2.56. The maximum Gasteiger partial charge on any atom is 0.104 e. The summed E-state index contributed by atoms with van der Waals surface area (Å²) in [5.74, 6) is 5.92. The monoisotopic (exact) mass is 284 g/mol. The Morgan fingerprint density at radius 1 is 0.909 bits per heavy atom. The van der Waals surface area contributed by atoms with Gasteiger partial charge in [0.1, 0.15) is 6.61 Å². The first-order chi connectivity index (χ1) is 10.7. The van der Waals surface area contributed by atoms with Crippen LogP contribution in [0, 0.1) is 25.7 Å². The summed E-state index contributed by atoms with van der Waals surface area (Å²) in [7, 11) is 0. The molecule has 0 aromatic heterocycles. The van der Waals surface area contributed by atoms with Crippen LogP contribution in [0.1, 0.15) is 16.7 Å². The van der Waals surface area contributed by atoms with Gasteiger partial charge in [-0.15, -0.1) is 0 Å². The van der Waals surface area contributed by atoms with Gasteiger partial charge in [-0.3, -0.25) is 0 Å². The van der Waals surface area contributed by atoms with Crippen LogP contribution >= 0.6 is 0 Å². The quantitative estimate of drug-likeness (QED) is 0.371. The highest BCUT2D eigenvalue weighted by Gasteiger charge is 2.13. The van der Waals surface area contributed by atoms with Crippen molar-refractivity contribution >= 4 is 32.3 Å². The fourth-order valence-electron chi connectivity index (χ4n) is 3.41. The molecule has 0 aliphatic carbocycles. The number of aliphatic hydroxyl groups excluding tert-OH is 1. The number of hydrogen-bond acceptors (Lipinski definition) is 1. The highest BCUT2D eigenvalue weighted by molar-refractivity contribution is 6.25. The summed E-state index contributed by atoms with van der Waals surface area (Å²) in [6.45, 7) is 4.21. The lowest BCUT2D eigenvalue weighted by atomic mass is 9.88. The smallest absolute Gasteiger partial charge is 0.104 e. The molecule has 0 heterocycles. The Bertz CT molecular complexity index is 1080. The number of aliphatic hydroxyl groups is 1. The van der Waals surface area contributed by atoms with E-state index in [0.717, 1.165) is 5.56 Å². The van der Waals surface area contributed by atoms with E-state index in [1.54, 1.807) is 0 Å². The molecule has 0 bridgehead atoms. The minimum absolute atomic E-state index is 0.114. The van der Waals surface area contributed by atoms with Gasteiger partial charge >= 0.3 is 0 Å². The van der Waals surface area contributed by atoms with Gasteiger partial charge in [0, 0.05) is 5.56 Å². The molecule has 0 saturated carbocycles. The van der Waals surface area contributed by atoms with E-state index in [4.69, 9.17) is 5.11 Å². The molecule has 22 heavy (non-hydrogen) atoms. The average molecular weight is 284 g/mol. The highest BCUT2D eigenvalue weighted by atomic mass is 16.2. The van der Waals surface area contributed by atoms with Gasteiger partial charge in [-0.1, -0.05) is 48.2 Å². The zero-order chi connectivity index (χ0) is 15.3. The van der Waals surface area contributed by atoms with Crippen molar-refractivity contribution in [1.82, 2.24) is 0 Å². The van der Waals surface area contributed by atoms with E-state index in [1.165, 1.54) is 43.4 Å². The molecule has 1 N–H and O–H groups in total. The topological polar surface area (TPSA) is 20.2 Å². The molecular formula is C21H16O. The van der Waals surface area contributed by atoms with Gasteiger partial charge < -0.3 is 5.11 Å². The van der Waals surface area contributed by atoms with Crippen molar-refractivity contribution in [3.05, 3.63) is 59.2 Å². The van der Waals surface area contributed by atoms with Gasteiger partial charge in [0.2, 0.25) is 0 Å². The standard InChI is InChI=1S/C21H16O/c1-13-11-17-9-8-15-5-3-7-18-16(6-4-10-22)12-19(14(13)2)21(17)20(15)18/h3,5,7-9,11-12,22H,10H2,1-2H3. The summed E-state index contributed by atoms with van der Waals surface area (Å²) < 4.78 is 0. The second-order valence-electron chi connectivity index (χ2n) is 5.82. The molecular weight excluding hydrogens is 268 g/mol. The molecule has 4 aromatic rings. The maximum absolute atomic E-state index is 9.04. The third-order valence-electron chi connectivity index (χ3n) is 4.60. The third kappa shape index (κ3) is 1.71. The Morgan fingerprint density at radius 2 is 1.68 bits per heavy atom. The molecule has 0 amide bonds. The van der Waals surface area contributed by atoms with E-state index in [1.807, 2.05) is 0 Å². The van der Waals surface area contributed by atoms with Crippen LogP contribution < -0.4 is 0 Å². The number of rotatable bonds is 0. The molecule has 0 spiro atoms. The Morgan fingerprint density at radius 3 is 2.50 bits per heavy atom. The second kappa shape index (κ2) is 4.73. The van der Waals surface area contributed by atoms with Crippen molar-refractivity contribution in [2.75, 3.05) is 6.61 Å². The van der Waals surface area contributed by atoms with Crippen molar-refractivity contribution in [3.8, 4) is 11.8 Å². The number of hydrogen-bond donors (Lipinski definition) is 1. The molecule has 0 atom stereocenters. The number of benzene rings is 4. The van der Waals surface area contributed by atoms with Crippen molar-refractivity contribution in [1.29, 1.82) is 0 Å². The molecule has 4 rings (SSSR count). The fraction of sp³-hybridized carbons (Fsp3) is 0.143. The van der Waals surface area contributed by atoms with Gasteiger partial charge in [0.05, 0.1) is 0 Å². The summed E-state index contributed by atoms with van der Waals surface area (Å²) in [4.78, 5) is 0. The predicted molar refractivity (Wildman–Crippen MR) is 93.6 cm³/mol. The summed E-state index contributed by atoms with van der Waals surface area (Å²) in [5.41, 5.74) is 3.60. The van der Waals surface area contributed by atoms with Crippen molar-refractivity contribution in [3.63, 3.8) is 0 Å². The summed E-state index contributed by atoms with van der Waals surface area (Å²) in [5, 5.41) is 16.6. The molecule has 1 nitrogen and oxygen atoms in total. The van der Waals surface area contributed by atoms with Crippen LogP contribution in [0.4, 0.5) is 0 Å². The zero-order valence-electron chi connectivity index (χ0n) is 12.7. The zero-order valence-corrected chi connectivity index (χ0v) is 12.7. The normalized spacial score (nSPS) is 11.2. The first kappa shape index (κ1) is 13.1. The lowest BCUT2D eigenvalue weighted by molar-refractivity contribution is 0.350. The molecule has 4 aromatic carbocycles. The molecule has 1 heteroatoms. The van der Waals surface area contributed by atoms with Crippen LogP contribution in [0.25, 0.3) is 32.3 Å². The van der Waals surface area contributed by atoms with Gasteiger partial charge in [-0.25, -0.2) is 0 Å². The first-order valence-electron chi connectivity index (χ1n) is 7.48. The van der Waals surface area contributed by atoms with Crippen molar-refractivity contribution < 1.29 is 5.11 Å². The second-order valence-corrected chi connectivity index (χ2v) is 5.82. The van der Waals surface area contributed by atoms with E-state index in [0.29, 0.717) is 0 Å². The van der Waals surface area contributed by atoms with Gasteiger partial charge in [-0.05, 0) is 63.4 Å². The lowest BCUT2D eigenvalue weighted by Crippen LogP contribution is -1.92. The molecule has 0 fully saturated rings. The maximum atomic E-state index is 9.04. The molecule has 106 valence electrons.